The van der Waals surface area contributed by atoms with Crippen molar-refractivity contribution in [3.8, 4) is 0 Å². The van der Waals surface area contributed by atoms with Gasteiger partial charge >= 0.3 is 6.03 Å². The lowest BCUT2D eigenvalue weighted by Crippen LogP contribution is -2.46. The van der Waals surface area contributed by atoms with Crippen molar-refractivity contribution in [3.05, 3.63) is 0 Å². The van der Waals surface area contributed by atoms with E-state index >= 15 is 0 Å². The summed E-state index contributed by atoms with van der Waals surface area (Å²) in [6.07, 6.45) is 4.39. The zero-order chi connectivity index (χ0) is 10.6. The molecule has 2 atom stereocenters. The summed E-state index contributed by atoms with van der Waals surface area (Å²) in [4.78, 5) is 13.8. The maximum Gasteiger partial charge on any atom is 0.317 e. The number of hydrogen-bond acceptors (Lipinski definition) is 1. The minimum Gasteiger partial charge on any atom is -0.338 e. The van der Waals surface area contributed by atoms with Crippen molar-refractivity contribution in [2.75, 3.05) is 6.54 Å². The van der Waals surface area contributed by atoms with Gasteiger partial charge in [-0.25, -0.2) is 4.79 Å². The van der Waals surface area contributed by atoms with Crippen LogP contribution >= 0.6 is 0 Å². The monoisotopic (exact) mass is 198 g/mol. The lowest BCUT2D eigenvalue weighted by Gasteiger charge is -2.28. The summed E-state index contributed by atoms with van der Waals surface area (Å²) in [5, 5.41) is 2.96. The van der Waals surface area contributed by atoms with Crippen LogP contribution in [0.1, 0.15) is 46.5 Å². The fraction of sp³-hybridized carbons (Fsp3) is 0.909. The van der Waals surface area contributed by atoms with Crippen molar-refractivity contribution < 1.29 is 4.79 Å². The van der Waals surface area contributed by atoms with Crippen molar-refractivity contribution in [3.63, 3.8) is 0 Å². The molecule has 3 heteroatoms. The molecule has 1 heterocycles. The van der Waals surface area contributed by atoms with Crippen LogP contribution in [0.25, 0.3) is 0 Å². The molecular formula is C11H22N2O. The van der Waals surface area contributed by atoms with Gasteiger partial charge in [0.2, 0.25) is 0 Å². The molecule has 0 aliphatic carbocycles. The highest BCUT2D eigenvalue weighted by atomic mass is 16.2. The van der Waals surface area contributed by atoms with Gasteiger partial charge in [0.05, 0.1) is 0 Å². The Hall–Kier alpha value is -0.730. The van der Waals surface area contributed by atoms with E-state index in [1.807, 2.05) is 4.90 Å². The third kappa shape index (κ3) is 2.40. The molecule has 1 saturated heterocycles. The van der Waals surface area contributed by atoms with Crippen LogP contribution in [0, 0.1) is 0 Å². The van der Waals surface area contributed by atoms with E-state index in [4.69, 9.17) is 0 Å². The van der Waals surface area contributed by atoms with Gasteiger partial charge in [0.25, 0.3) is 0 Å². The lowest BCUT2D eigenvalue weighted by molar-refractivity contribution is 0.175. The van der Waals surface area contributed by atoms with Gasteiger partial charge in [0, 0.05) is 18.6 Å². The maximum atomic E-state index is 11.8. The summed E-state index contributed by atoms with van der Waals surface area (Å²) in [6, 6.07) is 1.00. The summed E-state index contributed by atoms with van der Waals surface area (Å²) in [5.74, 6) is 0. The summed E-state index contributed by atoms with van der Waals surface area (Å²) in [5.41, 5.74) is 0. The Morgan fingerprint density at radius 1 is 1.43 bits per heavy atom. The number of hydrogen-bond donors (Lipinski definition) is 1. The number of nitrogens with one attached hydrogen (secondary N) is 1. The molecule has 0 spiro atoms. The number of rotatable bonds is 3. The van der Waals surface area contributed by atoms with Gasteiger partial charge in [-0.15, -0.1) is 0 Å². The highest BCUT2D eigenvalue weighted by molar-refractivity contribution is 5.75. The lowest BCUT2D eigenvalue weighted by atomic mass is 10.2. The molecule has 1 aliphatic rings. The first kappa shape index (κ1) is 11.3. The van der Waals surface area contributed by atoms with Gasteiger partial charge in [0.1, 0.15) is 0 Å². The molecule has 82 valence electrons. The second kappa shape index (κ2) is 5.23. The second-order valence-electron chi connectivity index (χ2n) is 4.13. The number of likely N-dealkylation sites (tertiary alicyclic amines) is 1. The van der Waals surface area contributed by atoms with Crippen molar-refractivity contribution in [2.45, 2.75) is 58.5 Å². The van der Waals surface area contributed by atoms with E-state index in [1.54, 1.807) is 0 Å². The smallest absolute Gasteiger partial charge is 0.317 e. The van der Waals surface area contributed by atoms with Gasteiger partial charge in [-0.3, -0.25) is 0 Å². The number of carbonyl (C=O) groups excluding carboxylic acids is 1. The molecule has 0 aromatic carbocycles. The molecule has 1 N–H and O–H groups in total. The average Bonchev–Trinajstić information content (AvgIpc) is 2.56. The minimum absolute atomic E-state index is 0.128. The quantitative estimate of drug-likeness (QED) is 0.742. The van der Waals surface area contributed by atoms with Crippen molar-refractivity contribution in [1.29, 1.82) is 0 Å². The fourth-order valence-corrected chi connectivity index (χ4v) is 2.16. The van der Waals surface area contributed by atoms with E-state index in [-0.39, 0.29) is 6.03 Å². The van der Waals surface area contributed by atoms with Gasteiger partial charge in [-0.05, 0) is 32.6 Å². The number of amides is 2. The molecule has 1 rings (SSSR count). The predicted octanol–water partition coefficient (Wildman–Crippen LogP) is 2.37. The van der Waals surface area contributed by atoms with Crippen LogP contribution in [0.3, 0.4) is 0 Å². The van der Waals surface area contributed by atoms with Crippen LogP contribution in [0.5, 0.6) is 0 Å². The van der Waals surface area contributed by atoms with Crippen LogP contribution in [0.2, 0.25) is 0 Å². The first-order chi connectivity index (χ1) is 6.70. The summed E-state index contributed by atoms with van der Waals surface area (Å²) >= 11 is 0. The Kier molecular flexibility index (Phi) is 4.23. The number of nitrogens with zero attached hydrogens (tertiary/aromatic N) is 1. The average molecular weight is 198 g/mol. The van der Waals surface area contributed by atoms with E-state index in [2.05, 4.69) is 26.1 Å². The minimum atomic E-state index is 0.128. The van der Waals surface area contributed by atoms with E-state index in [9.17, 15) is 4.79 Å². The van der Waals surface area contributed by atoms with Crippen LogP contribution < -0.4 is 5.32 Å². The van der Waals surface area contributed by atoms with E-state index in [1.165, 1.54) is 0 Å². The molecule has 0 radical (unpaired) electrons. The molecule has 1 fully saturated rings. The molecule has 1 aliphatic heterocycles. The molecular weight excluding hydrogens is 176 g/mol. The van der Waals surface area contributed by atoms with Gasteiger partial charge in [0.15, 0.2) is 0 Å². The molecule has 0 bridgehead atoms. The van der Waals surface area contributed by atoms with Crippen molar-refractivity contribution >= 4 is 6.03 Å². The molecule has 3 nitrogen and oxygen atoms in total. The van der Waals surface area contributed by atoms with Crippen LogP contribution in [0.4, 0.5) is 4.79 Å². The normalized spacial score (nSPS) is 26.6. The summed E-state index contributed by atoms with van der Waals surface area (Å²) in [7, 11) is 0. The zero-order valence-corrected chi connectivity index (χ0v) is 9.55. The standard InChI is InChI=1S/C11H22N2O/c1-4-8-12-11(14)13-9(3)6-7-10(13)5-2/h9-10H,4-8H2,1-3H3,(H,12,14). The number of carbonyl (C=O) groups is 1. The topological polar surface area (TPSA) is 32.3 Å². The van der Waals surface area contributed by atoms with E-state index < -0.39 is 0 Å². The van der Waals surface area contributed by atoms with Crippen molar-refractivity contribution in [2.24, 2.45) is 0 Å². The second-order valence-corrected chi connectivity index (χ2v) is 4.13. The molecule has 0 saturated carbocycles. The van der Waals surface area contributed by atoms with Gasteiger partial charge < -0.3 is 10.2 Å². The Bertz CT molecular complexity index is 194. The first-order valence-corrected chi connectivity index (χ1v) is 5.76. The van der Waals surface area contributed by atoms with E-state index in [0.717, 1.165) is 32.2 Å². The van der Waals surface area contributed by atoms with Gasteiger partial charge in [-0.2, -0.15) is 0 Å². The maximum absolute atomic E-state index is 11.8. The highest BCUT2D eigenvalue weighted by Gasteiger charge is 2.32. The summed E-state index contributed by atoms with van der Waals surface area (Å²) in [6.45, 7) is 7.16. The molecule has 0 aromatic heterocycles. The Morgan fingerprint density at radius 2 is 2.14 bits per heavy atom. The predicted molar refractivity (Wildman–Crippen MR) is 58.3 cm³/mol. The fourth-order valence-electron chi connectivity index (χ4n) is 2.16. The molecule has 14 heavy (non-hydrogen) atoms. The summed E-state index contributed by atoms with van der Waals surface area (Å²) < 4.78 is 0. The number of urea groups is 1. The van der Waals surface area contributed by atoms with Crippen molar-refractivity contribution in [1.82, 2.24) is 10.2 Å². The van der Waals surface area contributed by atoms with Crippen LogP contribution in [0.15, 0.2) is 0 Å². The van der Waals surface area contributed by atoms with Crippen LogP contribution in [-0.2, 0) is 0 Å². The van der Waals surface area contributed by atoms with E-state index in [0.29, 0.717) is 12.1 Å². The SMILES string of the molecule is CCCNC(=O)N1C(C)CCC1CC. The first-order valence-electron chi connectivity index (χ1n) is 5.76. The Morgan fingerprint density at radius 3 is 2.71 bits per heavy atom. The Balaban J connectivity index is 2.50. The highest BCUT2D eigenvalue weighted by Crippen LogP contribution is 2.25. The third-order valence-corrected chi connectivity index (χ3v) is 3.02. The molecule has 0 aromatic rings. The van der Waals surface area contributed by atoms with Crippen LogP contribution in [-0.4, -0.2) is 29.6 Å². The molecule has 2 unspecified atom stereocenters. The zero-order valence-electron chi connectivity index (χ0n) is 9.55. The third-order valence-electron chi connectivity index (χ3n) is 3.02. The Labute approximate surface area is 86.9 Å². The largest absolute Gasteiger partial charge is 0.338 e. The van der Waals surface area contributed by atoms with Gasteiger partial charge in [-0.1, -0.05) is 13.8 Å². The molecule has 2 amide bonds.